The molecule has 1 aliphatic heterocycles. The highest BCUT2D eigenvalue weighted by Gasteiger charge is 2.14. The largest absolute Gasteiger partial charge is 0.370 e. The van der Waals surface area contributed by atoms with E-state index in [9.17, 15) is 4.79 Å². The lowest BCUT2D eigenvalue weighted by molar-refractivity contribution is 0.101. The number of Topliss-reactive ketones (excluding diaryl/α,β-unsaturated/α-hetero) is 1. The van der Waals surface area contributed by atoms with Gasteiger partial charge in [-0.1, -0.05) is 0 Å². The van der Waals surface area contributed by atoms with Crippen LogP contribution < -0.4 is 11.1 Å². The first-order valence-electron chi connectivity index (χ1n) is 4.83. The molecule has 0 saturated heterocycles. The van der Waals surface area contributed by atoms with Crippen LogP contribution in [0.1, 0.15) is 29.3 Å². The molecule has 3 nitrogen and oxygen atoms in total. The van der Waals surface area contributed by atoms with E-state index < -0.39 is 0 Å². The van der Waals surface area contributed by atoms with Gasteiger partial charge in [-0.2, -0.15) is 0 Å². The average molecular weight is 263 g/mol. The molecule has 0 amide bonds. The second kappa shape index (κ2) is 6.09. The molecule has 0 aliphatic carbocycles. The van der Waals surface area contributed by atoms with E-state index in [0.717, 1.165) is 24.1 Å². The first-order valence-corrected chi connectivity index (χ1v) is 4.83. The number of fused-ring (bicyclic) bond motifs is 1. The number of nitrogens with two attached hydrogens (primary N) is 1. The summed E-state index contributed by atoms with van der Waals surface area (Å²) in [6.07, 6.45) is 1.92. The van der Waals surface area contributed by atoms with Crippen molar-refractivity contribution in [2.45, 2.75) is 25.9 Å². The van der Waals surface area contributed by atoms with Crippen LogP contribution in [0.2, 0.25) is 0 Å². The third-order valence-electron chi connectivity index (χ3n) is 2.58. The molecule has 5 heteroatoms. The Bertz CT molecular complexity index is 382. The third kappa shape index (κ3) is 3.11. The fraction of sp³-hybridized carbons (Fsp3) is 0.364. The number of hydrogen-bond acceptors (Lipinski definition) is 3. The van der Waals surface area contributed by atoms with Crippen molar-refractivity contribution in [2.75, 3.05) is 5.32 Å². The molecule has 2 rings (SSSR count). The van der Waals surface area contributed by atoms with E-state index in [1.165, 1.54) is 5.56 Å². The maximum Gasteiger partial charge on any atom is 0.159 e. The lowest BCUT2D eigenvalue weighted by atomic mass is 9.98. The number of anilines is 1. The van der Waals surface area contributed by atoms with Crippen molar-refractivity contribution in [3.05, 3.63) is 29.3 Å². The van der Waals surface area contributed by atoms with Gasteiger partial charge in [0.1, 0.15) is 0 Å². The number of carbonyl (C=O) groups is 1. The summed E-state index contributed by atoms with van der Waals surface area (Å²) in [6.45, 7) is 1.59. The second-order valence-electron chi connectivity index (χ2n) is 3.72. The van der Waals surface area contributed by atoms with Gasteiger partial charge >= 0.3 is 0 Å². The quantitative estimate of drug-likeness (QED) is 0.765. The number of benzene rings is 1. The molecule has 1 aromatic carbocycles. The number of nitrogens with one attached hydrogen (secondary N) is 1. The Kier molecular flexibility index (Phi) is 5.79. The van der Waals surface area contributed by atoms with Crippen LogP contribution in [0.3, 0.4) is 0 Å². The first kappa shape index (κ1) is 15.2. The van der Waals surface area contributed by atoms with E-state index >= 15 is 0 Å². The number of halogens is 2. The number of aryl methyl sites for hydroxylation is 1. The molecule has 0 radical (unpaired) electrons. The van der Waals surface area contributed by atoms with Gasteiger partial charge in [-0.05, 0) is 43.5 Å². The standard InChI is InChI=1S/C11H14N2O.2ClH/c1-7(14)8-2-4-10-9(6-8)3-5-11(12)13-10;;/h2,4,6,11,13H,3,5,12H2,1H3;2*1H. The molecule has 0 fully saturated rings. The Labute approximate surface area is 108 Å². The summed E-state index contributed by atoms with van der Waals surface area (Å²) in [7, 11) is 0. The molecular formula is C11H16Cl2N2O. The Hall–Kier alpha value is -0.770. The molecule has 1 heterocycles. The van der Waals surface area contributed by atoms with Gasteiger partial charge in [-0.15, -0.1) is 24.8 Å². The smallest absolute Gasteiger partial charge is 0.159 e. The summed E-state index contributed by atoms with van der Waals surface area (Å²) in [6, 6.07) is 5.73. The summed E-state index contributed by atoms with van der Waals surface area (Å²) in [5.41, 5.74) is 8.81. The number of hydrogen-bond donors (Lipinski definition) is 2. The van der Waals surface area contributed by atoms with Crippen LogP contribution in [0, 0.1) is 0 Å². The van der Waals surface area contributed by atoms with E-state index in [-0.39, 0.29) is 36.8 Å². The minimum absolute atomic E-state index is 0. The molecule has 16 heavy (non-hydrogen) atoms. The third-order valence-corrected chi connectivity index (χ3v) is 2.58. The van der Waals surface area contributed by atoms with Crippen molar-refractivity contribution in [3.8, 4) is 0 Å². The zero-order chi connectivity index (χ0) is 10.1. The Morgan fingerprint density at radius 3 is 2.75 bits per heavy atom. The first-order chi connectivity index (χ1) is 6.66. The minimum Gasteiger partial charge on any atom is -0.370 e. The minimum atomic E-state index is 0. The molecule has 0 bridgehead atoms. The van der Waals surface area contributed by atoms with Crippen LogP contribution in [-0.4, -0.2) is 11.9 Å². The van der Waals surface area contributed by atoms with Crippen molar-refractivity contribution in [2.24, 2.45) is 5.73 Å². The summed E-state index contributed by atoms with van der Waals surface area (Å²) in [4.78, 5) is 11.2. The van der Waals surface area contributed by atoms with Gasteiger partial charge < -0.3 is 11.1 Å². The lowest BCUT2D eigenvalue weighted by Gasteiger charge is -2.24. The maximum atomic E-state index is 11.2. The highest BCUT2D eigenvalue weighted by Crippen LogP contribution is 2.24. The Balaban J connectivity index is 0.00000112. The van der Waals surface area contributed by atoms with E-state index in [1.54, 1.807) is 6.92 Å². The van der Waals surface area contributed by atoms with Gasteiger partial charge in [0.05, 0.1) is 6.17 Å². The SMILES string of the molecule is CC(=O)c1ccc2c(c1)CCC(N)N2.Cl.Cl. The summed E-state index contributed by atoms with van der Waals surface area (Å²) >= 11 is 0. The fourth-order valence-electron chi connectivity index (χ4n) is 1.74. The number of ketones is 1. The molecule has 3 N–H and O–H groups in total. The predicted octanol–water partition coefficient (Wildman–Crippen LogP) is 2.38. The monoisotopic (exact) mass is 262 g/mol. The second-order valence-corrected chi connectivity index (χ2v) is 3.72. The van der Waals surface area contributed by atoms with Crippen LogP contribution in [0.25, 0.3) is 0 Å². The number of carbonyl (C=O) groups excluding carboxylic acids is 1. The van der Waals surface area contributed by atoms with Gasteiger partial charge in [0, 0.05) is 11.3 Å². The van der Waals surface area contributed by atoms with E-state index in [4.69, 9.17) is 5.73 Å². The molecule has 0 saturated carbocycles. The number of rotatable bonds is 1. The van der Waals surface area contributed by atoms with Crippen LogP contribution in [0.5, 0.6) is 0 Å². The molecule has 1 atom stereocenters. The van der Waals surface area contributed by atoms with Gasteiger partial charge in [0.25, 0.3) is 0 Å². The van der Waals surface area contributed by atoms with E-state index in [2.05, 4.69) is 5.32 Å². The average Bonchev–Trinajstić information content (AvgIpc) is 2.16. The van der Waals surface area contributed by atoms with Gasteiger partial charge in [-0.3, -0.25) is 4.79 Å². The molecule has 1 aliphatic rings. The fourth-order valence-corrected chi connectivity index (χ4v) is 1.74. The molecule has 0 spiro atoms. The van der Waals surface area contributed by atoms with E-state index in [1.807, 2.05) is 18.2 Å². The van der Waals surface area contributed by atoms with Crippen molar-refractivity contribution in [1.82, 2.24) is 0 Å². The predicted molar refractivity (Wildman–Crippen MR) is 70.9 cm³/mol. The van der Waals surface area contributed by atoms with Crippen molar-refractivity contribution in [1.29, 1.82) is 0 Å². The molecule has 0 aromatic heterocycles. The van der Waals surface area contributed by atoms with Gasteiger partial charge in [-0.25, -0.2) is 0 Å². The zero-order valence-corrected chi connectivity index (χ0v) is 10.7. The Morgan fingerprint density at radius 1 is 1.44 bits per heavy atom. The highest BCUT2D eigenvalue weighted by molar-refractivity contribution is 5.94. The topological polar surface area (TPSA) is 55.1 Å². The summed E-state index contributed by atoms with van der Waals surface area (Å²) < 4.78 is 0. The summed E-state index contributed by atoms with van der Waals surface area (Å²) in [5, 5.41) is 3.19. The zero-order valence-electron chi connectivity index (χ0n) is 9.03. The van der Waals surface area contributed by atoms with Gasteiger partial charge in [0.15, 0.2) is 5.78 Å². The van der Waals surface area contributed by atoms with Crippen LogP contribution in [0.4, 0.5) is 5.69 Å². The van der Waals surface area contributed by atoms with E-state index in [0.29, 0.717) is 0 Å². The van der Waals surface area contributed by atoms with Crippen LogP contribution in [0.15, 0.2) is 18.2 Å². The maximum absolute atomic E-state index is 11.2. The molecule has 90 valence electrons. The molecular weight excluding hydrogens is 247 g/mol. The van der Waals surface area contributed by atoms with Crippen molar-refractivity contribution < 1.29 is 4.79 Å². The van der Waals surface area contributed by atoms with Crippen molar-refractivity contribution >= 4 is 36.3 Å². The van der Waals surface area contributed by atoms with Crippen LogP contribution in [-0.2, 0) is 6.42 Å². The summed E-state index contributed by atoms with van der Waals surface area (Å²) in [5.74, 6) is 0.114. The molecule has 1 unspecified atom stereocenters. The normalized spacial score (nSPS) is 17.2. The van der Waals surface area contributed by atoms with Gasteiger partial charge in [0.2, 0.25) is 0 Å². The lowest BCUT2D eigenvalue weighted by Crippen LogP contribution is -2.33. The highest BCUT2D eigenvalue weighted by atomic mass is 35.5. The molecule has 1 aromatic rings. The van der Waals surface area contributed by atoms with Crippen LogP contribution >= 0.6 is 24.8 Å². The Morgan fingerprint density at radius 2 is 2.12 bits per heavy atom. The van der Waals surface area contributed by atoms with Crippen molar-refractivity contribution in [3.63, 3.8) is 0 Å².